The summed E-state index contributed by atoms with van der Waals surface area (Å²) in [6, 6.07) is 25.4. The third kappa shape index (κ3) is 5.74. The molecule has 0 aliphatic carbocycles. The molecule has 0 saturated carbocycles. The Morgan fingerprint density at radius 2 is 1.73 bits per heavy atom. The predicted molar refractivity (Wildman–Crippen MR) is 142 cm³/mol. The van der Waals surface area contributed by atoms with Gasteiger partial charge in [0.1, 0.15) is 5.75 Å². The molecule has 0 unspecified atom stereocenters. The molecule has 0 radical (unpaired) electrons. The summed E-state index contributed by atoms with van der Waals surface area (Å²) in [5.41, 5.74) is 3.45. The van der Waals surface area contributed by atoms with Crippen LogP contribution in [0.1, 0.15) is 5.56 Å². The highest BCUT2D eigenvalue weighted by atomic mass is 16.5. The number of aliphatic hydroxyl groups excluding tert-OH is 1. The van der Waals surface area contributed by atoms with Gasteiger partial charge in [0.2, 0.25) is 11.9 Å². The summed E-state index contributed by atoms with van der Waals surface area (Å²) in [6.45, 7) is 0.868. The third-order valence-corrected chi connectivity index (χ3v) is 5.68. The first kappa shape index (κ1) is 24.0. The van der Waals surface area contributed by atoms with Gasteiger partial charge >= 0.3 is 0 Å². The van der Waals surface area contributed by atoms with Gasteiger partial charge in [0, 0.05) is 30.4 Å². The van der Waals surface area contributed by atoms with Crippen molar-refractivity contribution < 1.29 is 14.3 Å². The zero-order chi connectivity index (χ0) is 25.5. The fraction of sp³-hybridized carbons (Fsp3) is 0.143. The van der Waals surface area contributed by atoms with Crippen molar-refractivity contribution in [3.05, 3.63) is 97.0 Å². The Labute approximate surface area is 214 Å². The first-order chi connectivity index (χ1) is 18.2. The molecular weight excluding hydrogens is 468 g/mol. The van der Waals surface area contributed by atoms with Crippen molar-refractivity contribution in [2.75, 3.05) is 30.5 Å². The number of methoxy groups -OCH3 is 1. The van der Waals surface area contributed by atoms with E-state index >= 15 is 0 Å². The van der Waals surface area contributed by atoms with Gasteiger partial charge in [-0.1, -0.05) is 60.7 Å². The van der Waals surface area contributed by atoms with Crippen LogP contribution in [0, 0.1) is 0 Å². The van der Waals surface area contributed by atoms with Gasteiger partial charge < -0.3 is 24.5 Å². The quantitative estimate of drug-likeness (QED) is 0.279. The first-order valence-corrected chi connectivity index (χ1v) is 11.8. The Bertz CT molecular complexity index is 1430. The average molecular weight is 495 g/mol. The molecule has 186 valence electrons. The van der Waals surface area contributed by atoms with Gasteiger partial charge in [-0.25, -0.2) is 4.98 Å². The number of benzene rings is 3. The highest BCUT2D eigenvalue weighted by Gasteiger charge is 2.16. The summed E-state index contributed by atoms with van der Waals surface area (Å²) < 4.78 is 11.0. The Kier molecular flexibility index (Phi) is 7.33. The fourth-order valence-electron chi connectivity index (χ4n) is 3.90. The number of aliphatic hydroxyl groups is 1. The van der Waals surface area contributed by atoms with Crippen molar-refractivity contribution in [3.63, 3.8) is 0 Å². The summed E-state index contributed by atoms with van der Waals surface area (Å²) >= 11 is 0. The number of nitrogens with one attached hydrogen (secondary N) is 1. The molecule has 9 heteroatoms. The van der Waals surface area contributed by atoms with E-state index < -0.39 is 0 Å². The van der Waals surface area contributed by atoms with Crippen LogP contribution in [0.4, 0.5) is 17.6 Å². The Morgan fingerprint density at radius 1 is 0.946 bits per heavy atom. The lowest BCUT2D eigenvalue weighted by Crippen LogP contribution is -2.28. The fourth-order valence-corrected chi connectivity index (χ4v) is 3.90. The largest absolute Gasteiger partial charge is 0.496 e. The minimum atomic E-state index is -0.0394. The molecule has 0 spiro atoms. The molecule has 2 heterocycles. The molecule has 0 bridgehead atoms. The lowest BCUT2D eigenvalue weighted by atomic mass is 10.1. The maximum Gasteiger partial charge on any atom is 0.232 e. The molecule has 0 amide bonds. The number of hydrogen-bond acceptors (Lipinski definition) is 9. The molecule has 2 N–H and O–H groups in total. The van der Waals surface area contributed by atoms with E-state index in [-0.39, 0.29) is 6.61 Å². The maximum atomic E-state index is 9.77. The third-order valence-electron chi connectivity index (χ3n) is 5.68. The predicted octanol–water partition coefficient (Wildman–Crippen LogP) is 4.94. The van der Waals surface area contributed by atoms with Crippen LogP contribution in [0.15, 0.2) is 95.9 Å². The maximum absolute atomic E-state index is 9.77. The summed E-state index contributed by atoms with van der Waals surface area (Å²) in [5.74, 6) is 2.58. The van der Waals surface area contributed by atoms with Crippen LogP contribution in [0.25, 0.3) is 22.7 Å². The van der Waals surface area contributed by atoms with E-state index in [1.54, 1.807) is 13.3 Å². The second-order valence-electron chi connectivity index (χ2n) is 8.19. The van der Waals surface area contributed by atoms with Gasteiger partial charge in [0.05, 0.1) is 25.5 Å². The minimum Gasteiger partial charge on any atom is -0.496 e. The van der Waals surface area contributed by atoms with Crippen LogP contribution in [-0.2, 0) is 6.54 Å². The van der Waals surface area contributed by atoms with Gasteiger partial charge in [-0.2, -0.15) is 15.0 Å². The molecule has 3 aromatic carbocycles. The Hall–Kier alpha value is -4.76. The standard InChI is InChI=1S/C28H26N6O3/c1-36-24-16-22(12-13-23(24)25-17-29-19-37-25)30-27-31-26(21-10-6-3-7-11-21)32-28(33-27)34(14-15-35)18-20-8-4-2-5-9-20/h2-13,16-17,19,35H,14-15,18H2,1H3,(H,30,31,32,33). The number of nitrogens with zero attached hydrogens (tertiary/aromatic N) is 5. The minimum absolute atomic E-state index is 0.0394. The zero-order valence-corrected chi connectivity index (χ0v) is 20.3. The lowest BCUT2D eigenvalue weighted by Gasteiger charge is -2.23. The molecule has 5 rings (SSSR count). The first-order valence-electron chi connectivity index (χ1n) is 11.8. The van der Waals surface area contributed by atoms with Crippen molar-refractivity contribution in [3.8, 4) is 28.5 Å². The summed E-state index contributed by atoms with van der Waals surface area (Å²) in [4.78, 5) is 20.1. The van der Waals surface area contributed by atoms with E-state index in [1.165, 1.54) is 6.39 Å². The Balaban J connectivity index is 1.52. The Morgan fingerprint density at radius 3 is 2.43 bits per heavy atom. The molecule has 0 fully saturated rings. The monoisotopic (exact) mass is 494 g/mol. The second-order valence-corrected chi connectivity index (χ2v) is 8.19. The van der Waals surface area contributed by atoms with Crippen molar-refractivity contribution in [2.24, 2.45) is 0 Å². The van der Waals surface area contributed by atoms with Crippen LogP contribution in [0.3, 0.4) is 0 Å². The van der Waals surface area contributed by atoms with E-state index in [0.29, 0.717) is 42.3 Å². The zero-order valence-electron chi connectivity index (χ0n) is 20.3. The average Bonchev–Trinajstić information content (AvgIpc) is 3.48. The van der Waals surface area contributed by atoms with Gasteiger partial charge in [0.15, 0.2) is 18.0 Å². The number of ether oxygens (including phenoxy) is 1. The van der Waals surface area contributed by atoms with Gasteiger partial charge in [0.25, 0.3) is 0 Å². The molecular formula is C28H26N6O3. The second kappa shape index (κ2) is 11.3. The van der Waals surface area contributed by atoms with E-state index in [9.17, 15) is 5.11 Å². The summed E-state index contributed by atoms with van der Waals surface area (Å²) in [5, 5.41) is 13.1. The normalized spacial score (nSPS) is 10.8. The molecule has 9 nitrogen and oxygen atoms in total. The van der Waals surface area contributed by atoms with E-state index in [2.05, 4.69) is 15.3 Å². The highest BCUT2D eigenvalue weighted by molar-refractivity contribution is 5.71. The van der Waals surface area contributed by atoms with Crippen LogP contribution in [-0.4, -0.2) is 45.3 Å². The van der Waals surface area contributed by atoms with Crippen LogP contribution in [0.2, 0.25) is 0 Å². The van der Waals surface area contributed by atoms with Crippen LogP contribution < -0.4 is 15.0 Å². The van der Waals surface area contributed by atoms with E-state index in [4.69, 9.17) is 19.1 Å². The van der Waals surface area contributed by atoms with Crippen molar-refractivity contribution in [1.82, 2.24) is 19.9 Å². The molecule has 0 saturated heterocycles. The SMILES string of the molecule is COc1cc(Nc2nc(-c3ccccc3)nc(N(CCO)Cc3ccccc3)n2)ccc1-c1cnco1. The number of aromatic nitrogens is 4. The van der Waals surface area contributed by atoms with Crippen LogP contribution in [0.5, 0.6) is 5.75 Å². The van der Waals surface area contributed by atoms with Crippen molar-refractivity contribution in [1.29, 1.82) is 0 Å². The van der Waals surface area contributed by atoms with Gasteiger partial charge in [-0.3, -0.25) is 0 Å². The molecule has 2 aromatic heterocycles. The van der Waals surface area contributed by atoms with E-state index in [0.717, 1.165) is 22.4 Å². The van der Waals surface area contributed by atoms with Gasteiger partial charge in [-0.05, 0) is 17.7 Å². The molecule has 0 atom stereocenters. The van der Waals surface area contributed by atoms with Gasteiger partial charge in [-0.15, -0.1) is 0 Å². The molecule has 0 aliphatic rings. The smallest absolute Gasteiger partial charge is 0.232 e. The van der Waals surface area contributed by atoms with Crippen molar-refractivity contribution >= 4 is 17.6 Å². The van der Waals surface area contributed by atoms with Crippen molar-refractivity contribution in [2.45, 2.75) is 6.54 Å². The molecule has 0 aliphatic heterocycles. The van der Waals surface area contributed by atoms with Crippen LogP contribution >= 0.6 is 0 Å². The van der Waals surface area contributed by atoms with E-state index in [1.807, 2.05) is 83.8 Å². The summed E-state index contributed by atoms with van der Waals surface area (Å²) in [7, 11) is 1.60. The number of hydrogen-bond donors (Lipinski definition) is 2. The lowest BCUT2D eigenvalue weighted by molar-refractivity contribution is 0.300. The molecule has 5 aromatic rings. The number of rotatable bonds is 10. The number of oxazole rings is 1. The topological polar surface area (TPSA) is 109 Å². The highest BCUT2D eigenvalue weighted by Crippen LogP contribution is 2.33. The summed E-state index contributed by atoms with van der Waals surface area (Å²) in [6.07, 6.45) is 3.02. The molecule has 37 heavy (non-hydrogen) atoms. The number of anilines is 3.